The van der Waals surface area contributed by atoms with Crippen LogP contribution in [0.5, 0.6) is 11.8 Å². The third kappa shape index (κ3) is 3.30. The van der Waals surface area contributed by atoms with Crippen LogP contribution < -0.4 is 10.5 Å². The van der Waals surface area contributed by atoms with E-state index in [2.05, 4.69) is 29.9 Å². The molecule has 0 fully saturated rings. The first-order chi connectivity index (χ1) is 9.61. The highest BCUT2D eigenvalue weighted by molar-refractivity contribution is 7.80. The fourth-order valence-electron chi connectivity index (χ4n) is 1.83. The van der Waals surface area contributed by atoms with Crippen LogP contribution in [0.1, 0.15) is 37.4 Å². The summed E-state index contributed by atoms with van der Waals surface area (Å²) in [7, 11) is 0. The summed E-state index contributed by atoms with van der Waals surface area (Å²) in [6, 6.07) is 9.82. The Morgan fingerprint density at radius 3 is 2.80 bits per heavy atom. The molecule has 20 heavy (non-hydrogen) atoms. The first kappa shape index (κ1) is 14.4. The molecular formula is C15H17N3OS. The lowest BCUT2D eigenvalue weighted by molar-refractivity contribution is 0.432. The molecule has 1 heterocycles. The van der Waals surface area contributed by atoms with Crippen molar-refractivity contribution < 1.29 is 4.74 Å². The number of nitrogens with two attached hydrogens (primary N) is 1. The summed E-state index contributed by atoms with van der Waals surface area (Å²) in [4.78, 5) is 8.52. The second-order valence-electron chi connectivity index (χ2n) is 4.54. The summed E-state index contributed by atoms with van der Waals surface area (Å²) in [6.07, 6.45) is 2.62. The normalized spacial score (nSPS) is 11.9. The number of nitrogens with zero attached hydrogens (tertiary/aromatic N) is 2. The SMILES string of the molecule is CCC(C)c1ccccc1Oc1nccc(C(N)=S)n1. The van der Waals surface area contributed by atoms with E-state index >= 15 is 0 Å². The number of hydrogen-bond acceptors (Lipinski definition) is 4. The van der Waals surface area contributed by atoms with Crippen molar-refractivity contribution in [3.63, 3.8) is 0 Å². The van der Waals surface area contributed by atoms with Crippen LogP contribution in [-0.4, -0.2) is 15.0 Å². The summed E-state index contributed by atoms with van der Waals surface area (Å²) in [5.74, 6) is 1.17. The van der Waals surface area contributed by atoms with Crippen molar-refractivity contribution in [2.24, 2.45) is 5.73 Å². The van der Waals surface area contributed by atoms with Crippen LogP contribution in [0.15, 0.2) is 36.5 Å². The van der Waals surface area contributed by atoms with Gasteiger partial charge in [-0.1, -0.05) is 44.3 Å². The average Bonchev–Trinajstić information content (AvgIpc) is 2.47. The maximum absolute atomic E-state index is 5.79. The molecule has 1 unspecified atom stereocenters. The van der Waals surface area contributed by atoms with Crippen molar-refractivity contribution >= 4 is 17.2 Å². The molecule has 0 aliphatic carbocycles. The highest BCUT2D eigenvalue weighted by atomic mass is 32.1. The molecule has 0 radical (unpaired) electrons. The van der Waals surface area contributed by atoms with Gasteiger partial charge in [-0.15, -0.1) is 0 Å². The molecule has 2 rings (SSSR count). The molecular weight excluding hydrogens is 270 g/mol. The smallest absolute Gasteiger partial charge is 0.322 e. The molecule has 2 aromatic rings. The Bertz CT molecular complexity index is 616. The van der Waals surface area contributed by atoms with Gasteiger partial charge in [0.25, 0.3) is 0 Å². The molecule has 5 heteroatoms. The van der Waals surface area contributed by atoms with Gasteiger partial charge in [-0.05, 0) is 30.0 Å². The van der Waals surface area contributed by atoms with Crippen LogP contribution in [0.3, 0.4) is 0 Å². The Labute approximate surface area is 124 Å². The lowest BCUT2D eigenvalue weighted by Gasteiger charge is -2.14. The van der Waals surface area contributed by atoms with Gasteiger partial charge in [0.05, 0.1) is 0 Å². The van der Waals surface area contributed by atoms with Gasteiger partial charge >= 0.3 is 6.01 Å². The molecule has 0 spiro atoms. The van der Waals surface area contributed by atoms with E-state index in [1.54, 1.807) is 12.3 Å². The number of aromatic nitrogens is 2. The quantitative estimate of drug-likeness (QED) is 0.854. The standard InChI is InChI=1S/C15H17N3OS/c1-3-10(2)11-6-4-5-7-13(11)19-15-17-9-8-12(18-15)14(16)20/h4-10H,3H2,1-2H3,(H2,16,20). The van der Waals surface area contributed by atoms with Crippen molar-refractivity contribution in [3.05, 3.63) is 47.8 Å². The van der Waals surface area contributed by atoms with E-state index in [0.29, 0.717) is 11.6 Å². The Morgan fingerprint density at radius 2 is 2.10 bits per heavy atom. The van der Waals surface area contributed by atoms with Crippen molar-refractivity contribution in [1.29, 1.82) is 0 Å². The lowest BCUT2D eigenvalue weighted by Crippen LogP contribution is -2.12. The van der Waals surface area contributed by atoms with E-state index in [4.69, 9.17) is 22.7 Å². The molecule has 0 saturated heterocycles. The highest BCUT2D eigenvalue weighted by Gasteiger charge is 2.12. The first-order valence-corrected chi connectivity index (χ1v) is 6.92. The van der Waals surface area contributed by atoms with E-state index in [9.17, 15) is 0 Å². The number of hydrogen-bond donors (Lipinski definition) is 1. The van der Waals surface area contributed by atoms with Crippen molar-refractivity contribution in [3.8, 4) is 11.8 Å². The fraction of sp³-hybridized carbons (Fsp3) is 0.267. The van der Waals surface area contributed by atoms with E-state index in [1.807, 2.05) is 18.2 Å². The predicted octanol–water partition coefficient (Wildman–Crippen LogP) is 3.42. The Hall–Kier alpha value is -2.01. The van der Waals surface area contributed by atoms with Crippen LogP contribution in [0, 0.1) is 0 Å². The minimum absolute atomic E-state index is 0.229. The summed E-state index contributed by atoms with van der Waals surface area (Å²) < 4.78 is 5.79. The third-order valence-electron chi connectivity index (χ3n) is 3.15. The summed E-state index contributed by atoms with van der Waals surface area (Å²) >= 11 is 4.90. The lowest BCUT2D eigenvalue weighted by atomic mass is 9.98. The fourth-order valence-corrected chi connectivity index (χ4v) is 1.94. The Morgan fingerprint density at radius 1 is 1.35 bits per heavy atom. The number of ether oxygens (including phenoxy) is 1. The molecule has 0 bridgehead atoms. The van der Waals surface area contributed by atoms with Crippen LogP contribution in [0.4, 0.5) is 0 Å². The number of rotatable bonds is 5. The maximum atomic E-state index is 5.79. The molecule has 2 N–H and O–H groups in total. The van der Waals surface area contributed by atoms with Crippen LogP contribution >= 0.6 is 12.2 Å². The molecule has 1 atom stereocenters. The van der Waals surface area contributed by atoms with Crippen molar-refractivity contribution in [1.82, 2.24) is 9.97 Å². The molecule has 4 nitrogen and oxygen atoms in total. The summed E-state index contributed by atoms with van der Waals surface area (Å²) in [5.41, 5.74) is 7.21. The topological polar surface area (TPSA) is 61.0 Å². The maximum Gasteiger partial charge on any atom is 0.322 e. The van der Waals surface area contributed by atoms with Crippen LogP contribution in [0.2, 0.25) is 0 Å². The Kier molecular flexibility index (Phi) is 4.63. The zero-order valence-electron chi connectivity index (χ0n) is 11.5. The van der Waals surface area contributed by atoms with Gasteiger partial charge in [-0.2, -0.15) is 4.98 Å². The van der Waals surface area contributed by atoms with E-state index < -0.39 is 0 Å². The zero-order valence-corrected chi connectivity index (χ0v) is 12.4. The van der Waals surface area contributed by atoms with Crippen LogP contribution in [-0.2, 0) is 0 Å². The van der Waals surface area contributed by atoms with Crippen molar-refractivity contribution in [2.75, 3.05) is 0 Å². The number of para-hydroxylation sites is 1. The molecule has 0 aliphatic heterocycles. The predicted molar refractivity (Wildman–Crippen MR) is 83.1 cm³/mol. The largest absolute Gasteiger partial charge is 0.424 e. The van der Waals surface area contributed by atoms with Gasteiger partial charge in [0, 0.05) is 6.20 Å². The van der Waals surface area contributed by atoms with Crippen LogP contribution in [0.25, 0.3) is 0 Å². The average molecular weight is 287 g/mol. The highest BCUT2D eigenvalue weighted by Crippen LogP contribution is 2.30. The monoisotopic (exact) mass is 287 g/mol. The Balaban J connectivity index is 2.30. The van der Waals surface area contributed by atoms with E-state index in [1.165, 1.54) is 0 Å². The first-order valence-electron chi connectivity index (χ1n) is 6.51. The zero-order chi connectivity index (χ0) is 14.5. The molecule has 1 aromatic heterocycles. The molecule has 0 aliphatic rings. The third-order valence-corrected chi connectivity index (χ3v) is 3.36. The van der Waals surface area contributed by atoms with Gasteiger partial charge in [0.2, 0.25) is 0 Å². The summed E-state index contributed by atoms with van der Waals surface area (Å²) in [6.45, 7) is 4.31. The van der Waals surface area contributed by atoms with Gasteiger partial charge in [0.15, 0.2) is 0 Å². The molecule has 0 amide bonds. The minimum atomic E-state index is 0.229. The van der Waals surface area contributed by atoms with E-state index in [-0.39, 0.29) is 11.0 Å². The van der Waals surface area contributed by atoms with Gasteiger partial charge in [-0.25, -0.2) is 4.98 Å². The second-order valence-corrected chi connectivity index (χ2v) is 4.98. The van der Waals surface area contributed by atoms with Crippen molar-refractivity contribution in [2.45, 2.75) is 26.2 Å². The van der Waals surface area contributed by atoms with Gasteiger partial charge < -0.3 is 10.5 Å². The molecule has 104 valence electrons. The van der Waals surface area contributed by atoms with Gasteiger partial charge in [0.1, 0.15) is 16.4 Å². The van der Waals surface area contributed by atoms with Gasteiger partial charge in [-0.3, -0.25) is 0 Å². The molecule has 0 saturated carbocycles. The summed E-state index contributed by atoms with van der Waals surface area (Å²) in [5, 5.41) is 0. The minimum Gasteiger partial charge on any atom is -0.424 e. The number of benzene rings is 1. The molecule has 1 aromatic carbocycles. The second kappa shape index (κ2) is 6.43. The number of thiocarbonyl (C=S) groups is 1. The van der Waals surface area contributed by atoms with E-state index in [0.717, 1.165) is 17.7 Å².